The number of hydrogen-bond acceptors (Lipinski definition) is 4. The first-order valence-electron chi connectivity index (χ1n) is 4.36. The SMILES string of the molecule is Nc1cccc(Oc2nc(Cl)ncc2Cl)c1. The molecule has 0 aliphatic rings. The largest absolute Gasteiger partial charge is 0.437 e. The van der Waals surface area contributed by atoms with E-state index >= 15 is 0 Å². The molecule has 0 spiro atoms. The first-order chi connectivity index (χ1) is 7.65. The normalized spacial score (nSPS) is 10.1. The van der Waals surface area contributed by atoms with E-state index in [-0.39, 0.29) is 16.2 Å². The van der Waals surface area contributed by atoms with Crippen molar-refractivity contribution in [3.05, 3.63) is 40.8 Å². The molecule has 0 saturated carbocycles. The molecule has 1 aromatic heterocycles. The zero-order valence-electron chi connectivity index (χ0n) is 8.02. The van der Waals surface area contributed by atoms with Gasteiger partial charge in [-0.3, -0.25) is 0 Å². The van der Waals surface area contributed by atoms with Crippen molar-refractivity contribution in [3.63, 3.8) is 0 Å². The van der Waals surface area contributed by atoms with Crippen LogP contribution in [-0.2, 0) is 0 Å². The number of halogens is 2. The average Bonchev–Trinajstić information content (AvgIpc) is 2.24. The summed E-state index contributed by atoms with van der Waals surface area (Å²) in [6.45, 7) is 0. The van der Waals surface area contributed by atoms with Crippen LogP contribution in [-0.4, -0.2) is 9.97 Å². The van der Waals surface area contributed by atoms with Gasteiger partial charge in [0, 0.05) is 11.8 Å². The first kappa shape index (κ1) is 11.0. The minimum absolute atomic E-state index is 0.0725. The Morgan fingerprint density at radius 3 is 2.81 bits per heavy atom. The first-order valence-corrected chi connectivity index (χ1v) is 5.12. The summed E-state index contributed by atoms with van der Waals surface area (Å²) in [6, 6.07) is 6.91. The molecule has 0 aliphatic heterocycles. The van der Waals surface area contributed by atoms with Gasteiger partial charge in [0.25, 0.3) is 0 Å². The Morgan fingerprint density at radius 1 is 1.25 bits per heavy atom. The molecular formula is C10H7Cl2N3O. The molecule has 0 saturated heterocycles. The van der Waals surface area contributed by atoms with E-state index in [2.05, 4.69) is 9.97 Å². The number of benzene rings is 1. The van der Waals surface area contributed by atoms with Gasteiger partial charge < -0.3 is 10.5 Å². The maximum absolute atomic E-state index is 5.85. The standard InChI is InChI=1S/C10H7Cl2N3O/c11-8-5-14-10(12)15-9(8)16-7-3-1-2-6(13)4-7/h1-5H,13H2. The van der Waals surface area contributed by atoms with Gasteiger partial charge >= 0.3 is 0 Å². The Balaban J connectivity index is 2.30. The summed E-state index contributed by atoms with van der Waals surface area (Å²) in [5.74, 6) is 0.740. The lowest BCUT2D eigenvalue weighted by atomic mass is 10.3. The van der Waals surface area contributed by atoms with Gasteiger partial charge in [-0.1, -0.05) is 17.7 Å². The molecule has 2 rings (SSSR count). The fraction of sp³-hybridized carbons (Fsp3) is 0. The number of nitrogens with zero attached hydrogens (tertiary/aromatic N) is 2. The quantitative estimate of drug-likeness (QED) is 0.662. The van der Waals surface area contributed by atoms with Crippen molar-refractivity contribution in [3.8, 4) is 11.6 Å². The van der Waals surface area contributed by atoms with E-state index in [0.29, 0.717) is 11.4 Å². The van der Waals surface area contributed by atoms with E-state index in [1.54, 1.807) is 24.3 Å². The number of hydrogen-bond donors (Lipinski definition) is 1. The van der Waals surface area contributed by atoms with Gasteiger partial charge in [0.1, 0.15) is 10.8 Å². The van der Waals surface area contributed by atoms with Gasteiger partial charge in [0.15, 0.2) is 0 Å². The van der Waals surface area contributed by atoms with Gasteiger partial charge in [-0.25, -0.2) is 4.98 Å². The van der Waals surface area contributed by atoms with Crippen molar-refractivity contribution >= 4 is 28.9 Å². The van der Waals surface area contributed by atoms with Crippen LogP contribution < -0.4 is 10.5 Å². The molecule has 1 aromatic carbocycles. The van der Waals surface area contributed by atoms with Gasteiger partial charge in [0.05, 0.1) is 6.20 Å². The highest BCUT2D eigenvalue weighted by Crippen LogP contribution is 2.28. The van der Waals surface area contributed by atoms with E-state index in [4.69, 9.17) is 33.7 Å². The van der Waals surface area contributed by atoms with Gasteiger partial charge in [-0.2, -0.15) is 4.98 Å². The molecule has 0 atom stereocenters. The third kappa shape index (κ3) is 2.53. The predicted molar refractivity (Wildman–Crippen MR) is 63.0 cm³/mol. The molecular weight excluding hydrogens is 249 g/mol. The number of nitrogen functional groups attached to an aromatic ring is 1. The molecule has 0 aliphatic carbocycles. The van der Waals surface area contributed by atoms with Gasteiger partial charge in [-0.05, 0) is 23.7 Å². The molecule has 16 heavy (non-hydrogen) atoms. The van der Waals surface area contributed by atoms with Crippen LogP contribution in [0.5, 0.6) is 11.6 Å². The summed E-state index contributed by atoms with van der Waals surface area (Å²) in [5.41, 5.74) is 6.20. The predicted octanol–water partition coefficient (Wildman–Crippen LogP) is 3.16. The second kappa shape index (κ2) is 4.55. The third-order valence-electron chi connectivity index (χ3n) is 1.76. The van der Waals surface area contributed by atoms with Crippen molar-refractivity contribution in [2.45, 2.75) is 0 Å². The van der Waals surface area contributed by atoms with E-state index in [1.807, 2.05) is 0 Å². The van der Waals surface area contributed by atoms with Crippen LogP contribution in [0.2, 0.25) is 10.3 Å². The van der Waals surface area contributed by atoms with Crippen LogP contribution in [0, 0.1) is 0 Å². The smallest absolute Gasteiger partial charge is 0.242 e. The highest BCUT2D eigenvalue weighted by Gasteiger charge is 2.06. The fourth-order valence-corrected chi connectivity index (χ4v) is 1.35. The van der Waals surface area contributed by atoms with Crippen LogP contribution in [0.3, 0.4) is 0 Å². The van der Waals surface area contributed by atoms with Crippen LogP contribution in [0.25, 0.3) is 0 Å². The Labute approximate surface area is 102 Å². The number of nitrogens with two attached hydrogens (primary N) is 1. The van der Waals surface area contributed by atoms with E-state index in [0.717, 1.165) is 0 Å². The molecule has 0 radical (unpaired) electrons. The molecule has 2 N–H and O–H groups in total. The Kier molecular flexibility index (Phi) is 3.12. The minimum atomic E-state index is 0.0725. The number of rotatable bonds is 2. The summed E-state index contributed by atoms with van der Waals surface area (Å²) < 4.78 is 5.42. The number of aromatic nitrogens is 2. The average molecular weight is 256 g/mol. The van der Waals surface area contributed by atoms with Gasteiger partial charge in [0.2, 0.25) is 11.2 Å². The molecule has 0 amide bonds. The highest BCUT2D eigenvalue weighted by molar-refractivity contribution is 6.32. The Hall–Kier alpha value is -1.52. The second-order valence-electron chi connectivity index (χ2n) is 2.97. The molecule has 0 bridgehead atoms. The molecule has 0 unspecified atom stereocenters. The minimum Gasteiger partial charge on any atom is -0.437 e. The summed E-state index contributed by atoms with van der Waals surface area (Å²) >= 11 is 11.5. The summed E-state index contributed by atoms with van der Waals surface area (Å²) in [4.78, 5) is 7.57. The highest BCUT2D eigenvalue weighted by atomic mass is 35.5. The van der Waals surface area contributed by atoms with E-state index < -0.39 is 0 Å². The van der Waals surface area contributed by atoms with Crippen molar-refractivity contribution < 1.29 is 4.74 Å². The summed E-state index contributed by atoms with van der Waals surface area (Å²) in [5, 5.41) is 0.357. The zero-order chi connectivity index (χ0) is 11.5. The Morgan fingerprint density at radius 2 is 2.06 bits per heavy atom. The molecule has 4 nitrogen and oxygen atoms in total. The monoisotopic (exact) mass is 255 g/mol. The molecule has 2 aromatic rings. The van der Waals surface area contributed by atoms with Crippen LogP contribution in [0.15, 0.2) is 30.5 Å². The van der Waals surface area contributed by atoms with Crippen molar-refractivity contribution in [2.75, 3.05) is 5.73 Å². The summed E-state index contributed by atoms with van der Waals surface area (Å²) in [6.07, 6.45) is 1.37. The maximum Gasteiger partial charge on any atom is 0.242 e. The van der Waals surface area contributed by atoms with E-state index in [9.17, 15) is 0 Å². The lowest BCUT2D eigenvalue weighted by Crippen LogP contribution is -1.92. The van der Waals surface area contributed by atoms with Crippen LogP contribution >= 0.6 is 23.2 Å². The fourth-order valence-electron chi connectivity index (χ4n) is 1.09. The van der Waals surface area contributed by atoms with Crippen LogP contribution in [0.4, 0.5) is 5.69 Å². The zero-order valence-corrected chi connectivity index (χ0v) is 9.53. The van der Waals surface area contributed by atoms with Crippen molar-refractivity contribution in [1.82, 2.24) is 9.97 Å². The lowest BCUT2D eigenvalue weighted by molar-refractivity contribution is 0.462. The molecule has 0 fully saturated rings. The summed E-state index contributed by atoms with van der Waals surface area (Å²) in [7, 11) is 0. The number of ether oxygens (including phenoxy) is 1. The topological polar surface area (TPSA) is 61.0 Å². The Bertz CT molecular complexity index is 519. The molecule has 6 heteroatoms. The van der Waals surface area contributed by atoms with Crippen molar-refractivity contribution in [2.24, 2.45) is 0 Å². The van der Waals surface area contributed by atoms with Gasteiger partial charge in [-0.15, -0.1) is 0 Å². The molecule has 82 valence electrons. The third-order valence-corrected chi connectivity index (χ3v) is 2.20. The lowest BCUT2D eigenvalue weighted by Gasteiger charge is -2.06. The second-order valence-corrected chi connectivity index (χ2v) is 3.71. The van der Waals surface area contributed by atoms with Crippen molar-refractivity contribution in [1.29, 1.82) is 0 Å². The number of anilines is 1. The maximum atomic E-state index is 5.85. The van der Waals surface area contributed by atoms with E-state index in [1.165, 1.54) is 6.20 Å². The van der Waals surface area contributed by atoms with Crippen LogP contribution in [0.1, 0.15) is 0 Å². The molecule has 1 heterocycles.